The van der Waals surface area contributed by atoms with Gasteiger partial charge in [0.2, 0.25) is 0 Å². The van der Waals surface area contributed by atoms with Crippen molar-refractivity contribution in [1.82, 2.24) is 10.2 Å². The molecule has 2 amide bonds. The molecule has 0 unspecified atom stereocenters. The lowest BCUT2D eigenvalue weighted by molar-refractivity contribution is -0.123. The predicted molar refractivity (Wildman–Crippen MR) is 49.8 cm³/mol. The molecule has 0 fully saturated rings. The number of nitrogens with zero attached hydrogens (tertiary/aromatic N) is 1. The maximum Gasteiger partial charge on any atom is 0.405 e. The maximum atomic E-state index is 11.8. The zero-order chi connectivity index (χ0) is 12.6. The van der Waals surface area contributed by atoms with Gasteiger partial charge in [-0.05, 0) is 6.42 Å². The molecule has 0 aromatic carbocycles. The van der Waals surface area contributed by atoms with E-state index < -0.39 is 18.8 Å². The minimum atomic E-state index is -4.46. The summed E-state index contributed by atoms with van der Waals surface area (Å²) < 4.78 is 35.4. The van der Waals surface area contributed by atoms with E-state index in [9.17, 15) is 18.0 Å². The second-order valence-electron chi connectivity index (χ2n) is 3.06. The van der Waals surface area contributed by atoms with E-state index in [4.69, 9.17) is 10.2 Å². The first kappa shape index (κ1) is 15.0. The normalized spacial score (nSPS) is 11.3. The summed E-state index contributed by atoms with van der Waals surface area (Å²) in [5, 5.41) is 18.8. The third kappa shape index (κ3) is 7.30. The van der Waals surface area contributed by atoms with E-state index in [1.807, 2.05) is 0 Å². The van der Waals surface area contributed by atoms with E-state index in [-0.39, 0.29) is 32.7 Å². The smallest absolute Gasteiger partial charge is 0.396 e. The van der Waals surface area contributed by atoms with Crippen LogP contribution in [0.25, 0.3) is 0 Å². The number of rotatable bonds is 6. The molecular formula is C8H15F3N2O3. The number of nitrogens with one attached hydrogen (secondary N) is 1. The van der Waals surface area contributed by atoms with Gasteiger partial charge in [0.05, 0.1) is 6.61 Å². The minimum absolute atomic E-state index is 0.0658. The SMILES string of the molecule is O=C(NCC(F)(F)F)N(CCO)CCCO. The van der Waals surface area contributed by atoms with Gasteiger partial charge >= 0.3 is 12.2 Å². The second kappa shape index (κ2) is 7.29. The molecule has 16 heavy (non-hydrogen) atoms. The van der Waals surface area contributed by atoms with Crippen molar-refractivity contribution in [2.24, 2.45) is 0 Å². The third-order valence-corrected chi connectivity index (χ3v) is 1.68. The van der Waals surface area contributed by atoms with Crippen LogP contribution in [-0.2, 0) is 0 Å². The van der Waals surface area contributed by atoms with Crippen LogP contribution in [-0.4, -0.2) is 60.2 Å². The Morgan fingerprint density at radius 3 is 2.25 bits per heavy atom. The van der Waals surface area contributed by atoms with Crippen LogP contribution in [0.3, 0.4) is 0 Å². The highest BCUT2D eigenvalue weighted by Gasteiger charge is 2.28. The highest BCUT2D eigenvalue weighted by molar-refractivity contribution is 5.74. The lowest BCUT2D eigenvalue weighted by atomic mass is 10.4. The molecule has 96 valence electrons. The first-order chi connectivity index (χ1) is 7.40. The minimum Gasteiger partial charge on any atom is -0.396 e. The summed E-state index contributed by atoms with van der Waals surface area (Å²) in [6.07, 6.45) is -4.21. The fourth-order valence-corrected chi connectivity index (χ4v) is 0.985. The number of carbonyl (C=O) groups excluding carboxylic acids is 1. The van der Waals surface area contributed by atoms with Crippen LogP contribution in [0.1, 0.15) is 6.42 Å². The van der Waals surface area contributed by atoms with Crippen LogP contribution in [0.15, 0.2) is 0 Å². The number of aliphatic hydroxyl groups is 2. The van der Waals surface area contributed by atoms with E-state index >= 15 is 0 Å². The molecule has 0 radical (unpaired) electrons. The topological polar surface area (TPSA) is 72.8 Å². The second-order valence-corrected chi connectivity index (χ2v) is 3.06. The first-order valence-corrected chi connectivity index (χ1v) is 4.72. The zero-order valence-electron chi connectivity index (χ0n) is 8.63. The van der Waals surface area contributed by atoms with Gasteiger partial charge in [-0.15, -0.1) is 0 Å². The average Bonchev–Trinajstić information content (AvgIpc) is 2.19. The van der Waals surface area contributed by atoms with Crippen molar-refractivity contribution in [3.8, 4) is 0 Å². The molecule has 0 bridgehead atoms. The molecule has 0 aliphatic carbocycles. The first-order valence-electron chi connectivity index (χ1n) is 4.72. The number of urea groups is 1. The summed E-state index contributed by atoms with van der Waals surface area (Å²) >= 11 is 0. The van der Waals surface area contributed by atoms with Gasteiger partial charge in [0.1, 0.15) is 6.54 Å². The van der Waals surface area contributed by atoms with E-state index in [1.165, 1.54) is 0 Å². The van der Waals surface area contributed by atoms with Gasteiger partial charge in [-0.3, -0.25) is 0 Å². The van der Waals surface area contributed by atoms with E-state index in [2.05, 4.69) is 0 Å². The number of hydrogen-bond donors (Lipinski definition) is 3. The monoisotopic (exact) mass is 244 g/mol. The van der Waals surface area contributed by atoms with Gasteiger partial charge in [0.25, 0.3) is 0 Å². The quantitative estimate of drug-likeness (QED) is 0.612. The molecule has 0 aliphatic heterocycles. The van der Waals surface area contributed by atoms with Crippen molar-refractivity contribution in [2.45, 2.75) is 12.6 Å². The zero-order valence-corrected chi connectivity index (χ0v) is 8.63. The average molecular weight is 244 g/mol. The van der Waals surface area contributed by atoms with Crippen molar-refractivity contribution < 1.29 is 28.2 Å². The molecule has 0 spiro atoms. The molecule has 0 rings (SSSR count). The highest BCUT2D eigenvalue weighted by atomic mass is 19.4. The molecule has 0 aromatic heterocycles. The number of alkyl halides is 3. The van der Waals surface area contributed by atoms with Crippen LogP contribution in [0.2, 0.25) is 0 Å². The van der Waals surface area contributed by atoms with E-state index in [0.29, 0.717) is 0 Å². The number of halogens is 3. The number of carbonyl (C=O) groups is 1. The Kier molecular flexibility index (Phi) is 6.82. The summed E-state index contributed by atoms with van der Waals surface area (Å²) in [7, 11) is 0. The lowest BCUT2D eigenvalue weighted by Crippen LogP contribution is -2.45. The van der Waals surface area contributed by atoms with Gasteiger partial charge < -0.3 is 20.4 Å². The van der Waals surface area contributed by atoms with Gasteiger partial charge in [-0.1, -0.05) is 0 Å². The predicted octanol–water partition coefficient (Wildman–Crippen LogP) is -0.0650. The Labute approximate surface area is 90.9 Å². The Hall–Kier alpha value is -1.02. The van der Waals surface area contributed by atoms with E-state index in [0.717, 1.165) is 4.90 Å². The fraction of sp³-hybridized carbons (Fsp3) is 0.875. The summed E-state index contributed by atoms with van der Waals surface area (Å²) in [5.74, 6) is 0. The largest absolute Gasteiger partial charge is 0.405 e. The summed E-state index contributed by atoms with van der Waals surface area (Å²) in [6, 6.07) is -0.903. The summed E-state index contributed by atoms with van der Waals surface area (Å²) in [6.45, 7) is -1.89. The lowest BCUT2D eigenvalue weighted by Gasteiger charge is -2.22. The summed E-state index contributed by atoms with van der Waals surface area (Å²) in [4.78, 5) is 12.2. The molecule has 3 N–H and O–H groups in total. The van der Waals surface area contributed by atoms with Crippen molar-refractivity contribution in [1.29, 1.82) is 0 Å². The van der Waals surface area contributed by atoms with Gasteiger partial charge in [-0.25, -0.2) is 4.79 Å². The van der Waals surface area contributed by atoms with Crippen molar-refractivity contribution in [3.05, 3.63) is 0 Å². The van der Waals surface area contributed by atoms with Gasteiger partial charge in [-0.2, -0.15) is 13.2 Å². The maximum absolute atomic E-state index is 11.8. The molecule has 0 atom stereocenters. The van der Waals surface area contributed by atoms with Crippen molar-refractivity contribution in [3.63, 3.8) is 0 Å². The van der Waals surface area contributed by atoms with Gasteiger partial charge in [0.15, 0.2) is 0 Å². The third-order valence-electron chi connectivity index (χ3n) is 1.68. The summed E-state index contributed by atoms with van der Waals surface area (Å²) in [5.41, 5.74) is 0. The van der Waals surface area contributed by atoms with Crippen LogP contribution in [0.4, 0.5) is 18.0 Å². The molecule has 5 nitrogen and oxygen atoms in total. The molecule has 0 saturated carbocycles. The fourth-order valence-electron chi connectivity index (χ4n) is 0.985. The highest BCUT2D eigenvalue weighted by Crippen LogP contribution is 2.12. The standard InChI is InChI=1S/C8H15F3N2O3/c9-8(10,11)6-12-7(16)13(3-5-15)2-1-4-14/h14-15H,1-6H2,(H,12,16). The molecule has 0 saturated heterocycles. The van der Waals surface area contributed by atoms with E-state index in [1.54, 1.807) is 5.32 Å². The number of aliphatic hydroxyl groups excluding tert-OH is 2. The Morgan fingerprint density at radius 2 is 1.81 bits per heavy atom. The molecule has 8 heteroatoms. The molecular weight excluding hydrogens is 229 g/mol. The molecule has 0 heterocycles. The van der Waals surface area contributed by atoms with Crippen LogP contribution in [0, 0.1) is 0 Å². The molecule has 0 aliphatic rings. The van der Waals surface area contributed by atoms with Crippen molar-refractivity contribution in [2.75, 3.05) is 32.8 Å². The Bertz CT molecular complexity index is 211. The van der Waals surface area contributed by atoms with Gasteiger partial charge in [0, 0.05) is 19.7 Å². The Morgan fingerprint density at radius 1 is 1.19 bits per heavy atom. The van der Waals surface area contributed by atoms with Crippen LogP contribution >= 0.6 is 0 Å². The molecule has 0 aromatic rings. The van der Waals surface area contributed by atoms with Crippen LogP contribution < -0.4 is 5.32 Å². The Balaban J connectivity index is 4.05. The van der Waals surface area contributed by atoms with Crippen LogP contribution in [0.5, 0.6) is 0 Å². The number of amides is 2. The van der Waals surface area contributed by atoms with Crippen molar-refractivity contribution >= 4 is 6.03 Å². The number of hydrogen-bond acceptors (Lipinski definition) is 3.